The first-order valence-electron chi connectivity index (χ1n) is 5.08. The van der Waals surface area contributed by atoms with Crippen LogP contribution in [0.4, 0.5) is 5.82 Å². The van der Waals surface area contributed by atoms with Gasteiger partial charge < -0.3 is 10.6 Å². The molecule has 16 heavy (non-hydrogen) atoms. The second-order valence-corrected chi connectivity index (χ2v) is 3.69. The molecule has 2 rings (SSSR count). The van der Waals surface area contributed by atoms with E-state index in [4.69, 9.17) is 5.73 Å². The summed E-state index contributed by atoms with van der Waals surface area (Å²) in [6.45, 7) is 3.15. The molecule has 0 unspecified atom stereocenters. The number of aryl methyl sites for hydroxylation is 2. The minimum atomic E-state index is 0.571. The number of hydrogen-bond donors (Lipinski definition) is 1. The molecule has 0 radical (unpaired) electrons. The summed E-state index contributed by atoms with van der Waals surface area (Å²) in [5, 5.41) is 8.01. The lowest BCUT2D eigenvalue weighted by Crippen LogP contribution is -2.26. The first-order chi connectivity index (χ1) is 7.63. The fourth-order valence-electron chi connectivity index (χ4n) is 1.57. The van der Waals surface area contributed by atoms with Gasteiger partial charge in [-0.1, -0.05) is 5.21 Å². The molecule has 0 aliphatic carbocycles. The van der Waals surface area contributed by atoms with Crippen molar-refractivity contribution in [3.63, 3.8) is 0 Å². The second-order valence-electron chi connectivity index (χ2n) is 3.69. The molecule has 2 heterocycles. The van der Waals surface area contributed by atoms with E-state index in [2.05, 4.69) is 20.3 Å². The largest absolute Gasteiger partial charge is 0.356 e. The van der Waals surface area contributed by atoms with E-state index < -0.39 is 0 Å². The zero-order valence-electron chi connectivity index (χ0n) is 9.67. The summed E-state index contributed by atoms with van der Waals surface area (Å²) < 4.78 is 1.64. The van der Waals surface area contributed by atoms with Crippen LogP contribution in [0.15, 0.2) is 0 Å². The Morgan fingerprint density at radius 2 is 2.12 bits per heavy atom. The van der Waals surface area contributed by atoms with E-state index in [1.165, 1.54) is 0 Å². The summed E-state index contributed by atoms with van der Waals surface area (Å²) in [6, 6.07) is 0. The quantitative estimate of drug-likeness (QED) is 0.749. The Bertz CT molecular complexity index is 504. The van der Waals surface area contributed by atoms with Gasteiger partial charge in [-0.05, 0) is 6.92 Å². The number of nitrogens with two attached hydrogens (primary N) is 1. The maximum atomic E-state index is 5.53. The van der Waals surface area contributed by atoms with Crippen molar-refractivity contribution < 1.29 is 0 Å². The monoisotopic (exact) mass is 221 g/mol. The maximum absolute atomic E-state index is 5.53. The van der Waals surface area contributed by atoms with Crippen molar-refractivity contribution in [2.45, 2.75) is 6.92 Å². The highest BCUT2D eigenvalue weighted by atomic mass is 15.4. The molecule has 0 atom stereocenters. The molecule has 7 heteroatoms. The van der Waals surface area contributed by atoms with Crippen molar-refractivity contribution in [2.24, 2.45) is 12.8 Å². The van der Waals surface area contributed by atoms with E-state index in [0.717, 1.165) is 18.0 Å². The van der Waals surface area contributed by atoms with Gasteiger partial charge in [0.05, 0.1) is 0 Å². The lowest BCUT2D eigenvalue weighted by molar-refractivity contribution is 0.728. The predicted octanol–water partition coefficient (Wildman–Crippen LogP) is -0.538. The third-order valence-electron chi connectivity index (χ3n) is 2.37. The first kappa shape index (κ1) is 10.7. The molecule has 0 aliphatic rings. The second kappa shape index (κ2) is 4.01. The van der Waals surface area contributed by atoms with Gasteiger partial charge in [-0.25, -0.2) is 14.6 Å². The van der Waals surface area contributed by atoms with Crippen LogP contribution in [0.25, 0.3) is 11.2 Å². The van der Waals surface area contributed by atoms with E-state index in [0.29, 0.717) is 17.9 Å². The van der Waals surface area contributed by atoms with E-state index >= 15 is 0 Å². The highest BCUT2D eigenvalue weighted by Gasteiger charge is 2.14. The summed E-state index contributed by atoms with van der Waals surface area (Å²) in [5.41, 5.74) is 6.98. The Balaban J connectivity index is 2.59. The molecule has 86 valence electrons. The van der Waals surface area contributed by atoms with E-state index in [-0.39, 0.29) is 0 Å². The zero-order valence-corrected chi connectivity index (χ0v) is 9.67. The molecule has 0 aliphatic heterocycles. The molecule has 2 N–H and O–H groups in total. The SMILES string of the molecule is Cc1nc(N(C)CCN)c2nnn(C)c2n1. The fraction of sp³-hybridized carbons (Fsp3) is 0.556. The molecule has 0 saturated heterocycles. The van der Waals surface area contributed by atoms with Crippen molar-refractivity contribution in [2.75, 3.05) is 25.0 Å². The van der Waals surface area contributed by atoms with Gasteiger partial charge in [-0.2, -0.15) is 0 Å². The summed E-state index contributed by atoms with van der Waals surface area (Å²) in [6.07, 6.45) is 0. The van der Waals surface area contributed by atoms with Crippen LogP contribution >= 0.6 is 0 Å². The minimum absolute atomic E-state index is 0.571. The number of likely N-dealkylation sites (N-methyl/N-ethyl adjacent to an activating group) is 1. The minimum Gasteiger partial charge on any atom is -0.356 e. The van der Waals surface area contributed by atoms with Crippen molar-refractivity contribution in [3.8, 4) is 0 Å². The van der Waals surface area contributed by atoms with Gasteiger partial charge >= 0.3 is 0 Å². The number of rotatable bonds is 3. The normalized spacial score (nSPS) is 11.0. The molecule has 2 aromatic rings. The smallest absolute Gasteiger partial charge is 0.183 e. The van der Waals surface area contributed by atoms with Gasteiger partial charge in [0.25, 0.3) is 0 Å². The fourth-order valence-corrected chi connectivity index (χ4v) is 1.57. The Kier molecular flexibility index (Phi) is 2.69. The van der Waals surface area contributed by atoms with Gasteiger partial charge in [-0.15, -0.1) is 5.10 Å². The van der Waals surface area contributed by atoms with E-state index in [1.807, 2.05) is 25.9 Å². The van der Waals surface area contributed by atoms with Crippen LogP contribution in [0.1, 0.15) is 5.82 Å². The topological polar surface area (TPSA) is 85.8 Å². The van der Waals surface area contributed by atoms with Gasteiger partial charge in [0, 0.05) is 27.2 Å². The van der Waals surface area contributed by atoms with Crippen LogP contribution in [-0.2, 0) is 7.05 Å². The highest BCUT2D eigenvalue weighted by Crippen LogP contribution is 2.19. The lowest BCUT2D eigenvalue weighted by atomic mass is 10.4. The standard InChI is InChI=1S/C9H15N7/c1-6-11-8(15(2)5-4-10)7-9(12-6)16(3)14-13-7/h4-5,10H2,1-3H3. The number of aromatic nitrogens is 5. The van der Waals surface area contributed by atoms with Crippen molar-refractivity contribution >= 4 is 17.0 Å². The van der Waals surface area contributed by atoms with E-state index in [9.17, 15) is 0 Å². The average Bonchev–Trinajstić information content (AvgIpc) is 2.60. The molecule has 0 aromatic carbocycles. The molecule has 0 saturated carbocycles. The summed E-state index contributed by atoms with van der Waals surface area (Å²) in [7, 11) is 3.75. The lowest BCUT2D eigenvalue weighted by Gasteiger charge is -2.17. The van der Waals surface area contributed by atoms with Crippen LogP contribution in [0, 0.1) is 6.92 Å². The summed E-state index contributed by atoms with van der Waals surface area (Å²) in [4.78, 5) is 10.6. The molecule has 0 spiro atoms. The number of hydrogen-bond acceptors (Lipinski definition) is 6. The van der Waals surface area contributed by atoms with Crippen LogP contribution in [0.5, 0.6) is 0 Å². The number of anilines is 1. The van der Waals surface area contributed by atoms with Crippen molar-refractivity contribution in [3.05, 3.63) is 5.82 Å². The molecule has 0 amide bonds. The molecular weight excluding hydrogens is 206 g/mol. The van der Waals surface area contributed by atoms with E-state index in [1.54, 1.807) is 4.68 Å². The Labute approximate surface area is 93.3 Å². The predicted molar refractivity (Wildman–Crippen MR) is 61.2 cm³/mol. The Hall–Kier alpha value is -1.76. The summed E-state index contributed by atoms with van der Waals surface area (Å²) in [5.74, 6) is 1.48. The van der Waals surface area contributed by atoms with Crippen molar-refractivity contribution in [1.29, 1.82) is 0 Å². The third kappa shape index (κ3) is 1.69. The third-order valence-corrected chi connectivity index (χ3v) is 2.37. The summed E-state index contributed by atoms with van der Waals surface area (Å²) >= 11 is 0. The Morgan fingerprint density at radius 1 is 1.38 bits per heavy atom. The molecular formula is C9H15N7. The molecule has 7 nitrogen and oxygen atoms in total. The maximum Gasteiger partial charge on any atom is 0.183 e. The molecule has 2 aromatic heterocycles. The van der Waals surface area contributed by atoms with Crippen LogP contribution in [0.2, 0.25) is 0 Å². The van der Waals surface area contributed by atoms with Gasteiger partial charge in [0.1, 0.15) is 5.82 Å². The molecule has 0 bridgehead atoms. The van der Waals surface area contributed by atoms with Crippen LogP contribution in [-0.4, -0.2) is 45.1 Å². The number of fused-ring (bicyclic) bond motifs is 1. The first-order valence-corrected chi connectivity index (χ1v) is 5.08. The number of nitrogens with zero attached hydrogens (tertiary/aromatic N) is 6. The highest BCUT2D eigenvalue weighted by molar-refractivity contribution is 5.82. The van der Waals surface area contributed by atoms with Gasteiger partial charge in [0.2, 0.25) is 0 Å². The van der Waals surface area contributed by atoms with Crippen molar-refractivity contribution in [1.82, 2.24) is 25.0 Å². The van der Waals surface area contributed by atoms with Crippen LogP contribution < -0.4 is 10.6 Å². The van der Waals surface area contributed by atoms with Crippen LogP contribution in [0.3, 0.4) is 0 Å². The van der Waals surface area contributed by atoms with Gasteiger partial charge in [0.15, 0.2) is 17.0 Å². The average molecular weight is 221 g/mol. The van der Waals surface area contributed by atoms with Gasteiger partial charge in [-0.3, -0.25) is 0 Å². The Morgan fingerprint density at radius 3 is 2.81 bits per heavy atom. The zero-order chi connectivity index (χ0) is 11.7. The molecule has 0 fully saturated rings.